The molecule has 2 aliphatic heterocycles. The highest BCUT2D eigenvalue weighted by Gasteiger charge is 2.42. The van der Waals surface area contributed by atoms with Crippen molar-refractivity contribution in [1.82, 2.24) is 4.90 Å². The zero-order chi connectivity index (χ0) is 10.8. The van der Waals surface area contributed by atoms with Crippen LogP contribution in [-0.2, 0) is 9.53 Å². The number of hydrogen-bond donors (Lipinski definition) is 0. The van der Waals surface area contributed by atoms with Crippen LogP contribution in [0.15, 0.2) is 4.99 Å². The van der Waals surface area contributed by atoms with Gasteiger partial charge in [-0.15, -0.1) is 11.8 Å². The molecule has 0 saturated carbocycles. The summed E-state index contributed by atoms with van der Waals surface area (Å²) in [6.07, 6.45) is 0.200. The minimum Gasteiger partial charge on any atom is -0.453 e. The van der Waals surface area contributed by atoms with Crippen molar-refractivity contribution >= 4 is 29.2 Å². The van der Waals surface area contributed by atoms with Gasteiger partial charge in [-0.25, -0.2) is 4.79 Å². The maximum atomic E-state index is 11.3. The molecule has 2 aliphatic rings. The lowest BCUT2D eigenvalue weighted by atomic mass is 9.95. The minimum atomic E-state index is -0.422. The van der Waals surface area contributed by atoms with Crippen molar-refractivity contribution in [3.8, 4) is 0 Å². The van der Waals surface area contributed by atoms with E-state index in [1.165, 1.54) is 12.0 Å². The van der Waals surface area contributed by atoms with Gasteiger partial charge in [0.05, 0.1) is 31.3 Å². The summed E-state index contributed by atoms with van der Waals surface area (Å²) in [5.41, 5.74) is 1.80. The molecule has 0 aromatic heterocycles. The molecule has 0 aliphatic carbocycles. The van der Waals surface area contributed by atoms with Gasteiger partial charge < -0.3 is 4.74 Å². The van der Waals surface area contributed by atoms with E-state index < -0.39 is 6.09 Å². The molecule has 0 bridgehead atoms. The SMILES string of the molecule is COC(=O)N1CC(=O)[C@@H]1CC1CSC=N1. The lowest BCUT2D eigenvalue weighted by Gasteiger charge is -2.38. The van der Waals surface area contributed by atoms with Gasteiger partial charge in [0.1, 0.15) is 0 Å². The van der Waals surface area contributed by atoms with Crippen LogP contribution in [-0.4, -0.2) is 53.8 Å². The average Bonchev–Trinajstić information content (AvgIpc) is 2.74. The minimum absolute atomic E-state index is 0.104. The lowest BCUT2D eigenvalue weighted by molar-refractivity contribution is -0.134. The quantitative estimate of drug-likeness (QED) is 0.692. The number of ketones is 1. The summed E-state index contributed by atoms with van der Waals surface area (Å²) in [5.74, 6) is 1.01. The molecule has 0 radical (unpaired) electrons. The van der Waals surface area contributed by atoms with Gasteiger partial charge in [-0.3, -0.25) is 14.7 Å². The van der Waals surface area contributed by atoms with E-state index in [4.69, 9.17) is 0 Å². The number of thioether (sulfide) groups is 1. The number of ether oxygens (including phenoxy) is 1. The van der Waals surface area contributed by atoms with Gasteiger partial charge in [0, 0.05) is 5.75 Å². The monoisotopic (exact) mass is 228 g/mol. The average molecular weight is 228 g/mol. The number of carbonyl (C=O) groups is 2. The maximum absolute atomic E-state index is 11.3. The first-order valence-electron chi connectivity index (χ1n) is 4.73. The number of Topliss-reactive ketones (excluding diaryl/α,β-unsaturated/α-hetero) is 1. The van der Waals surface area contributed by atoms with Gasteiger partial charge in [0.2, 0.25) is 0 Å². The number of likely N-dealkylation sites (tertiary alicyclic amines) is 1. The Morgan fingerprint density at radius 2 is 2.60 bits per heavy atom. The first kappa shape index (κ1) is 10.5. The van der Waals surface area contributed by atoms with Crippen LogP contribution in [0.4, 0.5) is 4.79 Å². The number of nitrogens with zero attached hydrogens (tertiary/aromatic N) is 2. The second kappa shape index (κ2) is 4.22. The fourth-order valence-corrected chi connectivity index (χ4v) is 2.51. The third-order valence-electron chi connectivity index (χ3n) is 2.61. The molecule has 1 unspecified atom stereocenters. The molecule has 1 fully saturated rings. The largest absolute Gasteiger partial charge is 0.453 e. The number of hydrogen-bond acceptors (Lipinski definition) is 5. The zero-order valence-electron chi connectivity index (χ0n) is 8.38. The second-order valence-electron chi connectivity index (χ2n) is 3.56. The molecule has 15 heavy (non-hydrogen) atoms. The van der Waals surface area contributed by atoms with Gasteiger partial charge in [-0.2, -0.15) is 0 Å². The molecular formula is C9H12N2O3S. The molecule has 0 aromatic rings. The molecule has 82 valence electrons. The Hall–Kier alpha value is -1.04. The van der Waals surface area contributed by atoms with E-state index in [1.807, 2.05) is 0 Å². The standard InChI is InChI=1S/C9H12N2O3S/c1-14-9(13)11-3-8(12)7(11)2-6-4-15-5-10-6/h5-7H,2-4H2,1H3/t6?,7-/m0/s1. The Morgan fingerprint density at radius 1 is 1.80 bits per heavy atom. The first-order valence-corrected chi connectivity index (χ1v) is 5.78. The number of aliphatic imine (C=N–C) groups is 1. The van der Waals surface area contributed by atoms with E-state index >= 15 is 0 Å². The van der Waals surface area contributed by atoms with Crippen molar-refractivity contribution in [1.29, 1.82) is 0 Å². The van der Waals surface area contributed by atoms with Crippen LogP contribution in [0.3, 0.4) is 0 Å². The molecule has 0 aromatic carbocycles. The van der Waals surface area contributed by atoms with Crippen LogP contribution in [0.1, 0.15) is 6.42 Å². The normalized spacial score (nSPS) is 29.1. The Labute approximate surface area is 91.9 Å². The maximum Gasteiger partial charge on any atom is 0.410 e. The Kier molecular flexibility index (Phi) is 2.95. The highest BCUT2D eigenvalue weighted by atomic mass is 32.2. The van der Waals surface area contributed by atoms with Crippen LogP contribution >= 0.6 is 11.8 Å². The third kappa shape index (κ3) is 1.99. The van der Waals surface area contributed by atoms with E-state index in [1.54, 1.807) is 17.3 Å². The molecule has 6 heteroatoms. The molecule has 2 atom stereocenters. The van der Waals surface area contributed by atoms with Crippen LogP contribution in [0.5, 0.6) is 0 Å². The number of rotatable bonds is 2. The van der Waals surface area contributed by atoms with Crippen molar-refractivity contribution in [3.63, 3.8) is 0 Å². The predicted molar refractivity (Wildman–Crippen MR) is 57.3 cm³/mol. The van der Waals surface area contributed by atoms with E-state index in [0.29, 0.717) is 6.42 Å². The van der Waals surface area contributed by atoms with Gasteiger partial charge in [-0.1, -0.05) is 0 Å². The van der Waals surface area contributed by atoms with Crippen molar-refractivity contribution in [2.75, 3.05) is 19.4 Å². The van der Waals surface area contributed by atoms with Crippen molar-refractivity contribution in [3.05, 3.63) is 0 Å². The predicted octanol–water partition coefficient (Wildman–Crippen LogP) is 0.540. The number of amides is 1. The molecule has 0 spiro atoms. The topological polar surface area (TPSA) is 59.0 Å². The molecule has 1 amide bonds. The summed E-state index contributed by atoms with van der Waals surface area (Å²) >= 11 is 1.64. The van der Waals surface area contributed by atoms with Gasteiger partial charge in [0.25, 0.3) is 0 Å². The summed E-state index contributed by atoms with van der Waals surface area (Å²) in [4.78, 5) is 28.3. The summed E-state index contributed by atoms with van der Waals surface area (Å²) in [6.45, 7) is 0.181. The van der Waals surface area contributed by atoms with Crippen molar-refractivity contribution in [2.24, 2.45) is 4.99 Å². The molecule has 2 rings (SSSR count). The van der Waals surface area contributed by atoms with E-state index in [2.05, 4.69) is 9.73 Å². The summed E-state index contributed by atoms with van der Waals surface area (Å²) in [6, 6.07) is -0.158. The first-order chi connectivity index (χ1) is 7.22. The fourth-order valence-electron chi connectivity index (χ4n) is 1.73. The third-order valence-corrected chi connectivity index (χ3v) is 3.46. The highest BCUT2D eigenvalue weighted by molar-refractivity contribution is 8.12. The van der Waals surface area contributed by atoms with E-state index in [-0.39, 0.29) is 24.4 Å². The van der Waals surface area contributed by atoms with E-state index in [9.17, 15) is 9.59 Å². The number of carbonyl (C=O) groups excluding carboxylic acids is 2. The van der Waals surface area contributed by atoms with Gasteiger partial charge >= 0.3 is 6.09 Å². The van der Waals surface area contributed by atoms with Crippen LogP contribution < -0.4 is 0 Å². The second-order valence-corrected chi connectivity index (χ2v) is 4.43. The fraction of sp³-hybridized carbons (Fsp3) is 0.667. The Balaban J connectivity index is 1.91. The number of methoxy groups -OCH3 is 1. The van der Waals surface area contributed by atoms with Gasteiger partial charge in [0.15, 0.2) is 5.78 Å². The van der Waals surface area contributed by atoms with Crippen LogP contribution in [0.2, 0.25) is 0 Å². The Morgan fingerprint density at radius 3 is 3.13 bits per heavy atom. The summed E-state index contributed by atoms with van der Waals surface area (Å²) in [7, 11) is 1.33. The van der Waals surface area contributed by atoms with Crippen molar-refractivity contribution < 1.29 is 14.3 Å². The van der Waals surface area contributed by atoms with E-state index in [0.717, 1.165) is 5.75 Å². The molecule has 1 saturated heterocycles. The van der Waals surface area contributed by atoms with Gasteiger partial charge in [-0.05, 0) is 6.42 Å². The lowest BCUT2D eigenvalue weighted by Crippen LogP contribution is -2.60. The molecule has 2 heterocycles. The molecular weight excluding hydrogens is 216 g/mol. The van der Waals surface area contributed by atoms with Crippen LogP contribution in [0.25, 0.3) is 0 Å². The Bertz CT molecular complexity index is 318. The zero-order valence-corrected chi connectivity index (χ0v) is 9.20. The molecule has 0 N–H and O–H groups in total. The molecule has 5 nitrogen and oxygen atoms in total. The van der Waals surface area contributed by atoms with Crippen LogP contribution in [0, 0.1) is 0 Å². The summed E-state index contributed by atoms with van der Waals surface area (Å²) < 4.78 is 4.59. The van der Waals surface area contributed by atoms with Crippen molar-refractivity contribution in [2.45, 2.75) is 18.5 Å². The highest BCUT2D eigenvalue weighted by Crippen LogP contribution is 2.24. The smallest absolute Gasteiger partial charge is 0.410 e. The summed E-state index contributed by atoms with van der Waals surface area (Å²) in [5, 5.41) is 0.